The Morgan fingerprint density at radius 1 is 1.05 bits per heavy atom. The van der Waals surface area contributed by atoms with Gasteiger partial charge in [-0.05, 0) is 37.6 Å². The van der Waals surface area contributed by atoms with Crippen LogP contribution in [0.15, 0.2) is 54.6 Å². The summed E-state index contributed by atoms with van der Waals surface area (Å²) in [6.07, 6.45) is 0. The molecule has 0 fully saturated rings. The molecule has 104 valence electrons. The first-order chi connectivity index (χ1) is 9.53. The molecule has 3 nitrogen and oxygen atoms in total. The predicted octanol–water partition coefficient (Wildman–Crippen LogP) is 3.36. The van der Waals surface area contributed by atoms with Crippen molar-refractivity contribution in [2.75, 3.05) is 7.11 Å². The smallest absolute Gasteiger partial charge is 0.252 e. The minimum Gasteiger partial charge on any atom is -0.497 e. The number of ether oxygens (including phenoxy) is 1. The topological polar surface area (TPSA) is 38.3 Å². The number of benzene rings is 2. The summed E-state index contributed by atoms with van der Waals surface area (Å²) in [7, 11) is 1.59. The Balaban J connectivity index is 2.18. The van der Waals surface area contributed by atoms with Gasteiger partial charge in [-0.1, -0.05) is 36.4 Å². The highest BCUT2D eigenvalue weighted by Gasteiger charge is 2.23. The van der Waals surface area contributed by atoms with Gasteiger partial charge in [-0.2, -0.15) is 0 Å². The first-order valence-corrected chi connectivity index (χ1v) is 6.55. The van der Waals surface area contributed by atoms with Gasteiger partial charge in [-0.25, -0.2) is 0 Å². The summed E-state index contributed by atoms with van der Waals surface area (Å²) in [5.74, 6) is 0.563. The molecule has 0 aromatic heterocycles. The molecule has 0 aliphatic rings. The lowest BCUT2D eigenvalue weighted by Gasteiger charge is -2.27. The zero-order valence-electron chi connectivity index (χ0n) is 12.0. The summed E-state index contributed by atoms with van der Waals surface area (Å²) >= 11 is 0. The Hall–Kier alpha value is -2.29. The summed E-state index contributed by atoms with van der Waals surface area (Å²) in [4.78, 5) is 12.3. The van der Waals surface area contributed by atoms with Gasteiger partial charge in [-0.3, -0.25) is 4.79 Å². The van der Waals surface area contributed by atoms with E-state index in [1.165, 1.54) is 0 Å². The van der Waals surface area contributed by atoms with E-state index in [-0.39, 0.29) is 5.91 Å². The third kappa shape index (κ3) is 3.18. The zero-order valence-corrected chi connectivity index (χ0v) is 12.0. The standard InChI is InChI=1S/C17H19NO2/c1-17(2,14-9-5-4-6-10-14)18-16(19)13-8-7-11-15(12-13)20-3/h4-12H,1-3H3,(H,18,19). The molecule has 0 aliphatic carbocycles. The number of hydrogen-bond acceptors (Lipinski definition) is 2. The fourth-order valence-corrected chi connectivity index (χ4v) is 2.05. The Morgan fingerprint density at radius 2 is 1.75 bits per heavy atom. The monoisotopic (exact) mass is 269 g/mol. The van der Waals surface area contributed by atoms with Gasteiger partial charge in [-0.15, -0.1) is 0 Å². The molecule has 0 saturated heterocycles. The summed E-state index contributed by atoms with van der Waals surface area (Å²) in [6, 6.07) is 17.0. The van der Waals surface area contributed by atoms with Crippen molar-refractivity contribution < 1.29 is 9.53 Å². The van der Waals surface area contributed by atoms with Gasteiger partial charge in [0.05, 0.1) is 12.6 Å². The van der Waals surface area contributed by atoms with Gasteiger partial charge in [0.1, 0.15) is 5.75 Å². The van der Waals surface area contributed by atoms with Gasteiger partial charge in [0.2, 0.25) is 0 Å². The molecule has 0 bridgehead atoms. The average Bonchev–Trinajstić information content (AvgIpc) is 2.48. The normalized spacial score (nSPS) is 10.9. The quantitative estimate of drug-likeness (QED) is 0.924. The van der Waals surface area contributed by atoms with E-state index in [0.717, 1.165) is 5.56 Å². The second-order valence-corrected chi connectivity index (χ2v) is 5.18. The van der Waals surface area contributed by atoms with E-state index in [0.29, 0.717) is 11.3 Å². The van der Waals surface area contributed by atoms with Crippen LogP contribution in [0.4, 0.5) is 0 Å². The lowest BCUT2D eigenvalue weighted by Crippen LogP contribution is -2.40. The molecule has 0 radical (unpaired) electrons. The van der Waals surface area contributed by atoms with Gasteiger partial charge < -0.3 is 10.1 Å². The van der Waals surface area contributed by atoms with E-state index < -0.39 is 5.54 Å². The molecule has 2 aromatic carbocycles. The molecule has 3 heteroatoms. The summed E-state index contributed by atoms with van der Waals surface area (Å²) in [6.45, 7) is 3.97. The van der Waals surface area contributed by atoms with Gasteiger partial charge >= 0.3 is 0 Å². The van der Waals surface area contributed by atoms with Crippen molar-refractivity contribution in [3.05, 3.63) is 65.7 Å². The number of nitrogens with one attached hydrogen (secondary N) is 1. The molecule has 2 rings (SSSR count). The molecule has 1 N–H and O–H groups in total. The van der Waals surface area contributed by atoms with E-state index in [1.54, 1.807) is 19.2 Å². The maximum Gasteiger partial charge on any atom is 0.252 e. The molecule has 0 atom stereocenters. The highest BCUT2D eigenvalue weighted by molar-refractivity contribution is 5.95. The Bertz CT molecular complexity index is 591. The predicted molar refractivity (Wildman–Crippen MR) is 79.9 cm³/mol. The molecule has 2 aromatic rings. The van der Waals surface area contributed by atoms with Gasteiger partial charge in [0.15, 0.2) is 0 Å². The first-order valence-electron chi connectivity index (χ1n) is 6.55. The summed E-state index contributed by atoms with van der Waals surface area (Å²) < 4.78 is 5.14. The summed E-state index contributed by atoms with van der Waals surface area (Å²) in [5, 5.41) is 3.05. The Labute approximate surface area is 119 Å². The van der Waals surface area contributed by atoms with Crippen LogP contribution in [0.25, 0.3) is 0 Å². The van der Waals surface area contributed by atoms with Crippen LogP contribution in [0, 0.1) is 0 Å². The number of amides is 1. The minimum atomic E-state index is -0.429. The van der Waals surface area contributed by atoms with Gasteiger partial charge in [0, 0.05) is 5.56 Å². The van der Waals surface area contributed by atoms with Crippen LogP contribution >= 0.6 is 0 Å². The largest absolute Gasteiger partial charge is 0.497 e. The fraction of sp³-hybridized carbons (Fsp3) is 0.235. The van der Waals surface area contributed by atoms with Crippen LogP contribution in [-0.2, 0) is 5.54 Å². The number of rotatable bonds is 4. The highest BCUT2D eigenvalue weighted by Crippen LogP contribution is 2.21. The van der Waals surface area contributed by atoms with Crippen LogP contribution in [0.5, 0.6) is 5.75 Å². The maximum absolute atomic E-state index is 12.3. The number of carbonyl (C=O) groups is 1. The lowest BCUT2D eigenvalue weighted by atomic mass is 9.94. The van der Waals surface area contributed by atoms with Crippen molar-refractivity contribution in [2.24, 2.45) is 0 Å². The van der Waals surface area contributed by atoms with Crippen LogP contribution in [0.1, 0.15) is 29.8 Å². The Kier molecular flexibility index (Phi) is 4.08. The molecule has 0 aliphatic heterocycles. The van der Waals surface area contributed by atoms with Crippen LogP contribution in [0.2, 0.25) is 0 Å². The molecule has 0 heterocycles. The van der Waals surface area contributed by atoms with Crippen molar-refractivity contribution in [3.8, 4) is 5.75 Å². The second-order valence-electron chi connectivity index (χ2n) is 5.18. The number of hydrogen-bond donors (Lipinski definition) is 1. The van der Waals surface area contributed by atoms with Crippen molar-refractivity contribution in [1.29, 1.82) is 0 Å². The van der Waals surface area contributed by atoms with Crippen molar-refractivity contribution in [2.45, 2.75) is 19.4 Å². The molecule has 0 spiro atoms. The highest BCUT2D eigenvalue weighted by atomic mass is 16.5. The van der Waals surface area contributed by atoms with E-state index >= 15 is 0 Å². The van der Waals surface area contributed by atoms with Crippen molar-refractivity contribution >= 4 is 5.91 Å². The molecule has 1 amide bonds. The SMILES string of the molecule is COc1cccc(C(=O)NC(C)(C)c2ccccc2)c1. The molecule has 20 heavy (non-hydrogen) atoms. The van der Waals surface area contributed by atoms with Crippen LogP contribution in [0.3, 0.4) is 0 Å². The van der Waals surface area contributed by atoms with Crippen molar-refractivity contribution in [1.82, 2.24) is 5.32 Å². The van der Waals surface area contributed by atoms with E-state index in [9.17, 15) is 4.79 Å². The third-order valence-corrected chi connectivity index (χ3v) is 3.25. The molecular formula is C17H19NO2. The van der Waals surface area contributed by atoms with E-state index in [1.807, 2.05) is 56.3 Å². The molecule has 0 saturated carbocycles. The lowest BCUT2D eigenvalue weighted by molar-refractivity contribution is 0.0911. The van der Waals surface area contributed by atoms with Crippen LogP contribution < -0.4 is 10.1 Å². The average molecular weight is 269 g/mol. The first kappa shape index (κ1) is 14.1. The second kappa shape index (κ2) is 5.78. The summed E-state index contributed by atoms with van der Waals surface area (Å²) in [5.41, 5.74) is 1.23. The van der Waals surface area contributed by atoms with Crippen LogP contribution in [-0.4, -0.2) is 13.0 Å². The zero-order chi connectivity index (χ0) is 14.6. The van der Waals surface area contributed by atoms with E-state index in [2.05, 4.69) is 5.32 Å². The van der Waals surface area contributed by atoms with Gasteiger partial charge in [0.25, 0.3) is 5.91 Å². The van der Waals surface area contributed by atoms with E-state index in [4.69, 9.17) is 4.74 Å². The third-order valence-electron chi connectivity index (χ3n) is 3.25. The fourth-order valence-electron chi connectivity index (χ4n) is 2.05. The number of carbonyl (C=O) groups excluding carboxylic acids is 1. The maximum atomic E-state index is 12.3. The number of methoxy groups -OCH3 is 1. The van der Waals surface area contributed by atoms with Crippen molar-refractivity contribution in [3.63, 3.8) is 0 Å². The minimum absolute atomic E-state index is 0.113. The molecular weight excluding hydrogens is 250 g/mol. The Morgan fingerprint density at radius 3 is 2.40 bits per heavy atom. The molecule has 0 unspecified atom stereocenters.